The summed E-state index contributed by atoms with van der Waals surface area (Å²) < 4.78 is 26.3. The van der Waals surface area contributed by atoms with Crippen LogP contribution in [0.5, 0.6) is 0 Å². The zero-order chi connectivity index (χ0) is 15.0. The minimum atomic E-state index is -3.33. The Morgan fingerprint density at radius 3 is 2.65 bits per heavy atom. The second-order valence-electron chi connectivity index (χ2n) is 4.68. The highest BCUT2D eigenvalue weighted by atomic mass is 32.2. The molecule has 0 aliphatic rings. The van der Waals surface area contributed by atoms with Crippen molar-refractivity contribution in [1.82, 2.24) is 4.72 Å². The van der Waals surface area contributed by atoms with E-state index in [1.165, 1.54) is 0 Å². The summed E-state index contributed by atoms with van der Waals surface area (Å²) in [7, 11) is -3.33. The zero-order valence-electron chi connectivity index (χ0n) is 11.5. The number of oxime groups is 1. The van der Waals surface area contributed by atoms with Crippen LogP contribution in [0.15, 0.2) is 35.5 Å². The van der Waals surface area contributed by atoms with Crippen molar-refractivity contribution in [2.75, 3.05) is 12.3 Å². The minimum Gasteiger partial charge on any atom is -0.409 e. The van der Waals surface area contributed by atoms with Gasteiger partial charge in [0, 0.05) is 13.0 Å². The molecule has 1 rings (SSSR count). The number of nitrogens with zero attached hydrogens (tertiary/aromatic N) is 1. The average Bonchev–Trinajstić information content (AvgIpc) is 2.43. The Balaban J connectivity index is 2.42. The maximum atomic E-state index is 11.9. The molecule has 0 aliphatic heterocycles. The van der Waals surface area contributed by atoms with Gasteiger partial charge in [-0.25, -0.2) is 13.1 Å². The van der Waals surface area contributed by atoms with Crippen LogP contribution in [-0.4, -0.2) is 31.8 Å². The summed E-state index contributed by atoms with van der Waals surface area (Å²) in [6.45, 7) is 2.16. The van der Waals surface area contributed by atoms with Gasteiger partial charge in [-0.2, -0.15) is 0 Å². The molecule has 0 heterocycles. The van der Waals surface area contributed by atoms with Gasteiger partial charge < -0.3 is 10.9 Å². The first-order valence-electron chi connectivity index (χ1n) is 6.43. The topological polar surface area (TPSA) is 105 Å². The molecule has 112 valence electrons. The molecule has 20 heavy (non-hydrogen) atoms. The summed E-state index contributed by atoms with van der Waals surface area (Å²) in [6.07, 6.45) is 0.849. The van der Waals surface area contributed by atoms with Crippen LogP contribution in [0.25, 0.3) is 0 Å². The van der Waals surface area contributed by atoms with Crippen molar-refractivity contribution < 1.29 is 13.6 Å². The monoisotopic (exact) mass is 299 g/mol. The lowest BCUT2D eigenvalue weighted by Gasteiger charge is -2.13. The molecule has 0 aliphatic carbocycles. The summed E-state index contributed by atoms with van der Waals surface area (Å²) in [5.74, 6) is 0.0697. The first-order valence-corrected chi connectivity index (χ1v) is 8.08. The van der Waals surface area contributed by atoms with E-state index in [2.05, 4.69) is 9.88 Å². The van der Waals surface area contributed by atoms with Crippen molar-refractivity contribution in [2.24, 2.45) is 10.9 Å². The van der Waals surface area contributed by atoms with Gasteiger partial charge in [0.25, 0.3) is 0 Å². The van der Waals surface area contributed by atoms with Gasteiger partial charge in [0.2, 0.25) is 10.0 Å². The van der Waals surface area contributed by atoms with Gasteiger partial charge >= 0.3 is 0 Å². The summed E-state index contributed by atoms with van der Waals surface area (Å²) in [5, 5.41) is 11.2. The van der Waals surface area contributed by atoms with Gasteiger partial charge in [0.05, 0.1) is 5.75 Å². The van der Waals surface area contributed by atoms with Crippen LogP contribution < -0.4 is 10.5 Å². The Morgan fingerprint density at radius 1 is 1.40 bits per heavy atom. The fourth-order valence-electron chi connectivity index (χ4n) is 1.81. The van der Waals surface area contributed by atoms with Gasteiger partial charge in [0.15, 0.2) is 0 Å². The van der Waals surface area contributed by atoms with Crippen LogP contribution in [0.4, 0.5) is 0 Å². The molecular formula is C13H21N3O3S. The van der Waals surface area contributed by atoms with Crippen LogP contribution in [-0.2, 0) is 10.0 Å². The van der Waals surface area contributed by atoms with E-state index in [0.717, 1.165) is 5.56 Å². The van der Waals surface area contributed by atoms with E-state index in [9.17, 15) is 8.42 Å². The molecule has 1 atom stereocenters. The Hall–Kier alpha value is -1.60. The third kappa shape index (κ3) is 6.03. The third-order valence-electron chi connectivity index (χ3n) is 2.90. The summed E-state index contributed by atoms with van der Waals surface area (Å²) in [5.41, 5.74) is 6.30. The van der Waals surface area contributed by atoms with Crippen molar-refractivity contribution in [3.05, 3.63) is 35.9 Å². The number of benzene rings is 1. The lowest BCUT2D eigenvalue weighted by Crippen LogP contribution is -2.30. The highest BCUT2D eigenvalue weighted by Crippen LogP contribution is 2.16. The molecule has 0 amide bonds. The Kier molecular flexibility index (Phi) is 6.47. The van der Waals surface area contributed by atoms with E-state index in [0.29, 0.717) is 12.8 Å². The number of nitrogens with two attached hydrogens (primary N) is 1. The number of rotatable bonds is 8. The number of amidine groups is 1. The number of nitrogens with one attached hydrogen (secondary N) is 1. The van der Waals surface area contributed by atoms with Crippen molar-refractivity contribution in [2.45, 2.75) is 25.7 Å². The normalized spacial score (nSPS) is 14.2. The predicted molar refractivity (Wildman–Crippen MR) is 79.3 cm³/mol. The molecule has 1 aromatic rings. The van der Waals surface area contributed by atoms with Crippen molar-refractivity contribution in [1.29, 1.82) is 0 Å². The molecule has 0 bridgehead atoms. The van der Waals surface area contributed by atoms with Gasteiger partial charge in [0.1, 0.15) is 5.84 Å². The Bertz CT molecular complexity index is 529. The molecular weight excluding hydrogens is 278 g/mol. The second-order valence-corrected chi connectivity index (χ2v) is 6.53. The summed E-state index contributed by atoms with van der Waals surface area (Å²) in [6, 6.07) is 9.51. The van der Waals surface area contributed by atoms with E-state index in [-0.39, 0.29) is 24.1 Å². The maximum Gasteiger partial charge on any atom is 0.212 e. The fourth-order valence-corrected chi connectivity index (χ4v) is 3.24. The van der Waals surface area contributed by atoms with Crippen LogP contribution in [0.3, 0.4) is 0 Å². The number of hydrogen-bond acceptors (Lipinski definition) is 4. The van der Waals surface area contributed by atoms with Crippen LogP contribution in [0.2, 0.25) is 0 Å². The number of sulfonamides is 1. The first kappa shape index (κ1) is 16.5. The van der Waals surface area contributed by atoms with Crippen molar-refractivity contribution in [3.63, 3.8) is 0 Å². The minimum absolute atomic E-state index is 0.0422. The largest absolute Gasteiger partial charge is 0.409 e. The lowest BCUT2D eigenvalue weighted by atomic mass is 10.0. The Labute approximate surface area is 119 Å². The molecule has 0 fully saturated rings. The fraction of sp³-hybridized carbons (Fsp3) is 0.462. The molecule has 0 radical (unpaired) electrons. The molecule has 6 nitrogen and oxygen atoms in total. The van der Waals surface area contributed by atoms with E-state index < -0.39 is 10.0 Å². The highest BCUT2D eigenvalue weighted by Gasteiger charge is 2.16. The second kappa shape index (κ2) is 7.86. The van der Waals surface area contributed by atoms with Gasteiger partial charge in [-0.15, -0.1) is 0 Å². The lowest BCUT2D eigenvalue weighted by molar-refractivity contribution is 0.316. The highest BCUT2D eigenvalue weighted by molar-refractivity contribution is 7.89. The summed E-state index contributed by atoms with van der Waals surface area (Å²) >= 11 is 0. The molecule has 0 saturated heterocycles. The van der Waals surface area contributed by atoms with E-state index in [4.69, 9.17) is 10.9 Å². The van der Waals surface area contributed by atoms with E-state index in [1.54, 1.807) is 0 Å². The van der Waals surface area contributed by atoms with Crippen molar-refractivity contribution >= 4 is 15.9 Å². The van der Waals surface area contributed by atoms with Crippen LogP contribution >= 0.6 is 0 Å². The SMILES string of the molecule is CC(CS(=O)(=O)NCCC/C(N)=N/O)c1ccccc1. The molecule has 4 N–H and O–H groups in total. The molecule has 1 unspecified atom stereocenters. The predicted octanol–water partition coefficient (Wildman–Crippen LogP) is 1.24. The van der Waals surface area contributed by atoms with Gasteiger partial charge in [-0.05, 0) is 17.9 Å². The zero-order valence-corrected chi connectivity index (χ0v) is 12.3. The number of hydrogen-bond donors (Lipinski definition) is 3. The summed E-state index contributed by atoms with van der Waals surface area (Å²) in [4.78, 5) is 0. The van der Waals surface area contributed by atoms with Crippen LogP contribution in [0, 0.1) is 0 Å². The average molecular weight is 299 g/mol. The van der Waals surface area contributed by atoms with Crippen LogP contribution in [0.1, 0.15) is 31.2 Å². The Morgan fingerprint density at radius 2 is 2.05 bits per heavy atom. The van der Waals surface area contributed by atoms with Crippen molar-refractivity contribution in [3.8, 4) is 0 Å². The maximum absolute atomic E-state index is 11.9. The standard InChI is InChI=1S/C13H21N3O3S/c1-11(12-6-3-2-4-7-12)10-20(18,19)15-9-5-8-13(14)16-17/h2-4,6-7,11,15,17H,5,8-10H2,1H3,(H2,14,16). The van der Waals surface area contributed by atoms with Gasteiger partial charge in [-0.3, -0.25) is 0 Å². The molecule has 0 saturated carbocycles. The third-order valence-corrected chi connectivity index (χ3v) is 4.48. The van der Waals surface area contributed by atoms with E-state index in [1.807, 2.05) is 37.3 Å². The quantitative estimate of drug-likeness (QED) is 0.221. The molecule has 7 heteroatoms. The van der Waals surface area contributed by atoms with E-state index >= 15 is 0 Å². The smallest absolute Gasteiger partial charge is 0.212 e. The first-order chi connectivity index (χ1) is 9.44. The molecule has 1 aromatic carbocycles. The van der Waals surface area contributed by atoms with Gasteiger partial charge in [-0.1, -0.05) is 42.4 Å². The molecule has 0 spiro atoms. The molecule has 0 aromatic heterocycles.